The van der Waals surface area contributed by atoms with E-state index in [1.807, 2.05) is 60.7 Å². The molecule has 2 aliphatic heterocycles. The second kappa shape index (κ2) is 15.7. The molecule has 7 rings (SSSR count). The fourth-order valence-electron chi connectivity index (χ4n) is 7.26. The highest BCUT2D eigenvalue weighted by Crippen LogP contribution is 2.46. The largest absolute Gasteiger partial charge is 0.470 e. The molecule has 4 N–H and O–H groups in total. The third-order valence-electron chi connectivity index (χ3n) is 10.4. The number of sulfonamides is 1. The lowest BCUT2D eigenvalue weighted by Gasteiger charge is -2.30. The quantitative estimate of drug-likeness (QED) is 0.233. The summed E-state index contributed by atoms with van der Waals surface area (Å²) in [6.45, 7) is 5.13. The van der Waals surface area contributed by atoms with E-state index in [4.69, 9.17) is 19.4 Å². The van der Waals surface area contributed by atoms with Crippen LogP contribution in [0, 0.1) is 5.92 Å². The number of alkyl carbamates (subject to hydrolysis) is 1. The minimum Gasteiger partial charge on any atom is -0.470 e. The summed E-state index contributed by atoms with van der Waals surface area (Å²) in [5.74, 6) is -1.90. The Morgan fingerprint density at radius 3 is 2.38 bits per heavy atom. The maximum Gasteiger partial charge on any atom is 0.408 e. The Morgan fingerprint density at radius 1 is 0.946 bits per heavy atom. The maximum absolute atomic E-state index is 14.6. The van der Waals surface area contributed by atoms with Gasteiger partial charge in [-0.1, -0.05) is 55.3 Å². The van der Waals surface area contributed by atoms with Crippen molar-refractivity contribution in [3.63, 3.8) is 0 Å². The van der Waals surface area contributed by atoms with Gasteiger partial charge in [0.1, 0.15) is 29.3 Å². The van der Waals surface area contributed by atoms with E-state index in [-0.39, 0.29) is 25.3 Å². The predicted molar refractivity (Wildman–Crippen MR) is 208 cm³/mol. The number of fused-ring (bicyclic) bond motifs is 3. The lowest BCUT2D eigenvalue weighted by molar-refractivity contribution is -0.141. The summed E-state index contributed by atoms with van der Waals surface area (Å²) in [7, 11) is -3.90. The molecule has 15 nitrogen and oxygen atoms in total. The van der Waals surface area contributed by atoms with E-state index in [0.29, 0.717) is 49.0 Å². The third-order valence-corrected chi connectivity index (χ3v) is 12.2. The van der Waals surface area contributed by atoms with Gasteiger partial charge in [0, 0.05) is 18.0 Å². The zero-order valence-electron chi connectivity index (χ0n) is 31.8. The van der Waals surface area contributed by atoms with Crippen LogP contribution in [-0.2, 0) is 29.1 Å². The number of nitrogens with zero attached hydrogens (tertiary/aromatic N) is 3. The third kappa shape index (κ3) is 9.06. The molecular formula is C40H49N7O8S. The topological polar surface area (TPSA) is 198 Å². The number of carbonyl (C=O) groups excluding carboxylic acids is 4. The van der Waals surface area contributed by atoms with E-state index >= 15 is 0 Å². The summed E-state index contributed by atoms with van der Waals surface area (Å²) in [5, 5.41) is 8.27. The first-order valence-corrected chi connectivity index (χ1v) is 20.9. The summed E-state index contributed by atoms with van der Waals surface area (Å²) < 4.78 is 40.0. The van der Waals surface area contributed by atoms with Gasteiger partial charge < -0.3 is 30.3 Å². The van der Waals surface area contributed by atoms with Crippen molar-refractivity contribution >= 4 is 56.4 Å². The second-order valence-electron chi connectivity index (χ2n) is 16.1. The molecule has 2 saturated carbocycles. The van der Waals surface area contributed by atoms with Gasteiger partial charge >= 0.3 is 6.09 Å². The van der Waals surface area contributed by atoms with Crippen LogP contribution >= 0.6 is 0 Å². The van der Waals surface area contributed by atoms with Crippen LogP contribution in [0.1, 0.15) is 78.6 Å². The molecule has 0 spiro atoms. The summed E-state index contributed by atoms with van der Waals surface area (Å²) >= 11 is 0. The van der Waals surface area contributed by atoms with E-state index in [0.717, 1.165) is 18.5 Å². The predicted octanol–water partition coefficient (Wildman–Crippen LogP) is 4.62. The number of hydrogen-bond acceptors (Lipinski definition) is 11. The van der Waals surface area contributed by atoms with E-state index < -0.39 is 74.3 Å². The number of benzene rings is 2. The highest BCUT2D eigenvalue weighted by Gasteiger charge is 2.62. The Bertz CT molecular complexity index is 2120. The van der Waals surface area contributed by atoms with Gasteiger partial charge in [-0.15, -0.1) is 0 Å². The molecule has 3 fully saturated rings. The molecule has 3 aromatic rings. The lowest BCUT2D eigenvalue weighted by atomic mass is 10.0. The van der Waals surface area contributed by atoms with Gasteiger partial charge in [-0.3, -0.25) is 19.1 Å². The van der Waals surface area contributed by atoms with Crippen LogP contribution in [0.2, 0.25) is 0 Å². The molecule has 4 amide bonds. The number of rotatable bonds is 8. The van der Waals surface area contributed by atoms with Crippen molar-refractivity contribution in [3.8, 4) is 5.88 Å². The molecule has 3 heterocycles. The molecule has 298 valence electrons. The van der Waals surface area contributed by atoms with Crippen LogP contribution in [0.4, 0.5) is 16.3 Å². The Balaban J connectivity index is 1.21. The Labute approximate surface area is 326 Å². The standard InChI is InChI=1S/C40H49N7O8S/c1-39(2,3)55-38(51)44-31-19-11-6-4-5-8-14-25-23-40(25,37(50)46-56(52,53)28-20-21-28)45-34(48)32-22-27(24-47(32)36(31)49)54-35-33(41-26-15-9-7-10-16-26)42-29-17-12-13-18-30(29)43-35/h7-10,12-18,25,27-28,31-32H,4-6,11,19-24H2,1-3H3,(H,41,42)(H,44,51)(H,45,48)(H,46,50)/b14-8-/t25-,27-,31+,32+,40-/m1/s1. The van der Waals surface area contributed by atoms with Gasteiger partial charge in [0.15, 0.2) is 5.82 Å². The summed E-state index contributed by atoms with van der Waals surface area (Å²) in [6, 6.07) is 14.5. The number of anilines is 2. The maximum atomic E-state index is 14.6. The molecule has 2 aromatic carbocycles. The Kier molecular flexibility index (Phi) is 10.9. The van der Waals surface area contributed by atoms with Crippen LogP contribution < -0.4 is 25.4 Å². The highest BCUT2D eigenvalue weighted by molar-refractivity contribution is 7.91. The number of carbonyl (C=O) groups is 4. The molecule has 5 atom stereocenters. The number of amides is 4. The molecular weight excluding hydrogens is 739 g/mol. The molecule has 0 unspecified atom stereocenters. The van der Waals surface area contributed by atoms with Crippen LogP contribution in [0.15, 0.2) is 66.7 Å². The minimum absolute atomic E-state index is 0.00852. The lowest BCUT2D eigenvalue weighted by Crippen LogP contribution is -2.58. The molecule has 4 aliphatic rings. The average Bonchev–Trinajstić information content (AvgIpc) is 4.07. The Hall–Kier alpha value is -5.25. The van der Waals surface area contributed by atoms with Crippen molar-refractivity contribution in [3.05, 3.63) is 66.7 Å². The van der Waals surface area contributed by atoms with Gasteiger partial charge in [0.2, 0.25) is 21.8 Å². The van der Waals surface area contributed by atoms with Crippen molar-refractivity contribution in [2.75, 3.05) is 11.9 Å². The molecule has 16 heteroatoms. The molecule has 1 aromatic heterocycles. The second-order valence-corrected chi connectivity index (χ2v) is 18.0. The Morgan fingerprint density at radius 2 is 1.66 bits per heavy atom. The van der Waals surface area contributed by atoms with Crippen molar-refractivity contribution in [2.45, 2.75) is 113 Å². The van der Waals surface area contributed by atoms with Crippen molar-refractivity contribution in [1.29, 1.82) is 0 Å². The monoisotopic (exact) mass is 787 g/mol. The fourth-order valence-corrected chi connectivity index (χ4v) is 8.62. The van der Waals surface area contributed by atoms with Crippen LogP contribution in [0.3, 0.4) is 0 Å². The first-order chi connectivity index (χ1) is 26.7. The number of allylic oxidation sites excluding steroid dienone is 1. The first-order valence-electron chi connectivity index (χ1n) is 19.3. The fraction of sp³-hybridized carbons (Fsp3) is 0.500. The van der Waals surface area contributed by atoms with Gasteiger partial charge in [0.25, 0.3) is 11.8 Å². The van der Waals surface area contributed by atoms with Gasteiger partial charge in [-0.25, -0.2) is 23.2 Å². The normalized spacial score (nSPS) is 26.4. The number of aromatic nitrogens is 2. The van der Waals surface area contributed by atoms with Crippen LogP contribution in [0.25, 0.3) is 11.0 Å². The number of para-hydroxylation sites is 3. The van der Waals surface area contributed by atoms with Crippen molar-refractivity contribution < 1.29 is 37.1 Å². The van der Waals surface area contributed by atoms with Gasteiger partial charge in [-0.2, -0.15) is 0 Å². The van der Waals surface area contributed by atoms with E-state index in [1.165, 1.54) is 4.90 Å². The highest BCUT2D eigenvalue weighted by atomic mass is 32.2. The van der Waals surface area contributed by atoms with E-state index in [9.17, 15) is 27.6 Å². The number of ether oxygens (including phenoxy) is 2. The number of nitrogens with one attached hydrogen (secondary N) is 4. The molecule has 0 radical (unpaired) electrons. The van der Waals surface area contributed by atoms with Crippen molar-refractivity contribution in [1.82, 2.24) is 30.2 Å². The SMILES string of the molecule is CC(C)(C)OC(=O)N[C@H]1CCCCC/C=C\[C@@H]2C[C@@]2(C(=O)NS(=O)(=O)C2CC2)NC(=O)[C@@H]2C[C@@H](Oc3nc4ccccc4nc3Nc3ccccc3)CN2C1=O. The zero-order valence-corrected chi connectivity index (χ0v) is 32.6. The summed E-state index contributed by atoms with van der Waals surface area (Å²) in [6.07, 6.45) is 6.55. The molecule has 56 heavy (non-hydrogen) atoms. The van der Waals surface area contributed by atoms with Crippen LogP contribution in [0.5, 0.6) is 5.88 Å². The smallest absolute Gasteiger partial charge is 0.408 e. The molecule has 1 saturated heterocycles. The van der Waals surface area contributed by atoms with E-state index in [1.54, 1.807) is 26.8 Å². The minimum atomic E-state index is -3.90. The van der Waals surface area contributed by atoms with Gasteiger partial charge in [0.05, 0.1) is 22.8 Å². The van der Waals surface area contributed by atoms with Crippen LogP contribution in [-0.4, -0.2) is 88.2 Å². The summed E-state index contributed by atoms with van der Waals surface area (Å²) in [5.41, 5.74) is -0.390. The number of hydrogen-bond donors (Lipinski definition) is 4. The zero-order chi connectivity index (χ0) is 39.7. The van der Waals surface area contributed by atoms with E-state index in [2.05, 4.69) is 20.7 Å². The molecule has 2 aliphatic carbocycles. The van der Waals surface area contributed by atoms with Crippen molar-refractivity contribution in [2.24, 2.45) is 5.92 Å². The average molecular weight is 788 g/mol. The van der Waals surface area contributed by atoms with Gasteiger partial charge in [-0.05, 0) is 83.6 Å². The summed E-state index contributed by atoms with van der Waals surface area (Å²) in [4.78, 5) is 66.8. The molecule has 0 bridgehead atoms. The first kappa shape index (κ1) is 39.0.